The number of hydrogen-bond donors (Lipinski definition) is 0. The van der Waals surface area contributed by atoms with Gasteiger partial charge in [-0.1, -0.05) is 48.5 Å². The van der Waals surface area contributed by atoms with E-state index in [1.54, 1.807) is 14.2 Å². The minimum absolute atomic E-state index is 0.600. The third-order valence-electron chi connectivity index (χ3n) is 6.07. The van der Waals surface area contributed by atoms with Gasteiger partial charge >= 0.3 is 0 Å². The van der Waals surface area contributed by atoms with Gasteiger partial charge in [-0.2, -0.15) is 0 Å². The van der Waals surface area contributed by atoms with E-state index in [2.05, 4.69) is 48.5 Å². The summed E-state index contributed by atoms with van der Waals surface area (Å²) in [6.07, 6.45) is 1.67. The summed E-state index contributed by atoms with van der Waals surface area (Å²) in [7, 11) is 3.35. The average molecular weight is 374 g/mol. The SMILES string of the molecule is COc1ccc([C@]23CC[C@](c4ccc(OC)cc4)(OO2)c2ccccc23)cc1. The quantitative estimate of drug-likeness (QED) is 0.606. The second-order valence-electron chi connectivity index (χ2n) is 7.32. The fourth-order valence-corrected chi connectivity index (χ4v) is 4.54. The zero-order valence-electron chi connectivity index (χ0n) is 16.0. The van der Waals surface area contributed by atoms with Crippen LogP contribution in [0.5, 0.6) is 11.5 Å². The molecular formula is C24H22O4. The molecule has 0 spiro atoms. The molecule has 1 aliphatic carbocycles. The summed E-state index contributed by atoms with van der Waals surface area (Å²) in [4.78, 5) is 12.4. The largest absolute Gasteiger partial charge is 0.497 e. The Morgan fingerprint density at radius 3 is 1.32 bits per heavy atom. The summed E-state index contributed by atoms with van der Waals surface area (Å²) in [5.41, 5.74) is 3.27. The van der Waals surface area contributed by atoms with Gasteiger partial charge in [0.05, 0.1) is 14.2 Å². The van der Waals surface area contributed by atoms with Gasteiger partial charge in [0.15, 0.2) is 11.2 Å². The molecule has 0 unspecified atom stereocenters. The molecule has 2 aliphatic heterocycles. The molecule has 28 heavy (non-hydrogen) atoms. The molecule has 0 N–H and O–H groups in total. The number of hydrogen-bond acceptors (Lipinski definition) is 4. The van der Waals surface area contributed by atoms with Gasteiger partial charge in [-0.05, 0) is 59.4 Å². The van der Waals surface area contributed by atoms with Crippen LogP contribution in [0.1, 0.15) is 35.1 Å². The first kappa shape index (κ1) is 17.3. The lowest BCUT2D eigenvalue weighted by Gasteiger charge is -2.52. The molecule has 3 aliphatic rings. The zero-order valence-corrected chi connectivity index (χ0v) is 16.0. The Morgan fingerprint density at radius 1 is 0.607 bits per heavy atom. The van der Waals surface area contributed by atoms with Gasteiger partial charge in [0.1, 0.15) is 11.5 Å². The van der Waals surface area contributed by atoms with Crippen molar-refractivity contribution in [2.45, 2.75) is 24.0 Å². The van der Waals surface area contributed by atoms with Crippen molar-refractivity contribution in [3.8, 4) is 11.5 Å². The average Bonchev–Trinajstić information content (AvgIpc) is 2.80. The van der Waals surface area contributed by atoms with Gasteiger partial charge in [-0.3, -0.25) is 0 Å². The Labute approximate surface area is 164 Å². The van der Waals surface area contributed by atoms with Crippen molar-refractivity contribution in [3.63, 3.8) is 0 Å². The summed E-state index contributed by atoms with van der Waals surface area (Å²) in [5, 5.41) is 0. The van der Waals surface area contributed by atoms with E-state index < -0.39 is 11.2 Å². The molecular weight excluding hydrogens is 352 g/mol. The smallest absolute Gasteiger partial charge is 0.154 e. The number of methoxy groups -OCH3 is 2. The molecule has 3 aromatic carbocycles. The minimum atomic E-state index is -0.600. The first-order chi connectivity index (χ1) is 13.7. The van der Waals surface area contributed by atoms with Crippen molar-refractivity contribution in [1.29, 1.82) is 0 Å². The fourth-order valence-electron chi connectivity index (χ4n) is 4.54. The van der Waals surface area contributed by atoms with Gasteiger partial charge in [-0.25, -0.2) is 9.78 Å². The molecule has 2 bridgehead atoms. The van der Waals surface area contributed by atoms with Crippen LogP contribution in [-0.2, 0) is 21.0 Å². The van der Waals surface area contributed by atoms with E-state index in [0.717, 1.165) is 46.6 Å². The number of rotatable bonds is 4. The highest BCUT2D eigenvalue weighted by Gasteiger charge is 2.57. The number of ether oxygens (including phenoxy) is 2. The molecule has 4 nitrogen and oxygen atoms in total. The Bertz CT molecular complexity index is 901. The highest BCUT2D eigenvalue weighted by Crippen LogP contribution is 2.58. The normalized spacial score (nSPS) is 25.2. The standard InChI is InChI=1S/C24H22O4/c1-25-19-11-7-17(8-12-19)23-15-16-24(28-27-23,22-6-4-3-5-21(22)23)18-9-13-20(26-2)14-10-18/h3-14H,15-16H2,1-2H3/t23-,24+. The van der Waals surface area contributed by atoms with Crippen molar-refractivity contribution in [1.82, 2.24) is 0 Å². The van der Waals surface area contributed by atoms with E-state index in [4.69, 9.17) is 19.2 Å². The van der Waals surface area contributed by atoms with E-state index >= 15 is 0 Å². The van der Waals surface area contributed by atoms with E-state index in [9.17, 15) is 0 Å². The first-order valence-electron chi connectivity index (χ1n) is 9.48. The van der Waals surface area contributed by atoms with Crippen LogP contribution in [0.25, 0.3) is 0 Å². The van der Waals surface area contributed by atoms with Crippen LogP contribution >= 0.6 is 0 Å². The second-order valence-corrected chi connectivity index (χ2v) is 7.32. The monoisotopic (exact) mass is 374 g/mol. The van der Waals surface area contributed by atoms with Crippen molar-refractivity contribution < 1.29 is 19.2 Å². The Kier molecular flexibility index (Phi) is 3.93. The Morgan fingerprint density at radius 2 is 1.00 bits per heavy atom. The van der Waals surface area contributed by atoms with Crippen LogP contribution in [0.4, 0.5) is 0 Å². The Balaban J connectivity index is 1.65. The van der Waals surface area contributed by atoms with Crippen LogP contribution in [-0.4, -0.2) is 14.2 Å². The molecule has 0 radical (unpaired) electrons. The molecule has 6 rings (SSSR count). The lowest BCUT2D eigenvalue weighted by atomic mass is 9.66. The second kappa shape index (κ2) is 6.36. The first-order valence-corrected chi connectivity index (χ1v) is 9.48. The van der Waals surface area contributed by atoms with Crippen LogP contribution in [0, 0.1) is 0 Å². The van der Waals surface area contributed by atoms with E-state index in [0.29, 0.717) is 0 Å². The summed E-state index contributed by atoms with van der Waals surface area (Å²) in [6.45, 7) is 0. The van der Waals surface area contributed by atoms with Crippen molar-refractivity contribution in [2.75, 3.05) is 14.2 Å². The van der Waals surface area contributed by atoms with Crippen LogP contribution < -0.4 is 9.47 Å². The maximum Gasteiger partial charge on any atom is 0.154 e. The van der Waals surface area contributed by atoms with Crippen molar-refractivity contribution in [3.05, 3.63) is 95.1 Å². The summed E-state index contributed by atoms with van der Waals surface area (Å²) in [5.74, 6) is 1.65. The van der Waals surface area contributed by atoms with Gasteiger partial charge in [0.25, 0.3) is 0 Å². The third kappa shape index (κ3) is 2.32. The van der Waals surface area contributed by atoms with E-state index in [1.807, 2.05) is 24.3 Å². The van der Waals surface area contributed by atoms with Gasteiger partial charge in [0, 0.05) is 0 Å². The summed E-state index contributed by atoms with van der Waals surface area (Å²) >= 11 is 0. The number of fused-ring (bicyclic) bond motifs is 2. The molecule has 142 valence electrons. The molecule has 0 amide bonds. The molecule has 2 heterocycles. The fraction of sp³-hybridized carbons (Fsp3) is 0.250. The molecule has 2 atom stereocenters. The van der Waals surface area contributed by atoms with Gasteiger partial charge in [-0.15, -0.1) is 0 Å². The molecule has 3 aromatic rings. The van der Waals surface area contributed by atoms with E-state index in [1.165, 1.54) is 0 Å². The maximum absolute atomic E-state index is 6.19. The minimum Gasteiger partial charge on any atom is -0.497 e. The molecule has 4 heteroatoms. The van der Waals surface area contributed by atoms with Crippen LogP contribution in [0.3, 0.4) is 0 Å². The number of benzene rings is 3. The van der Waals surface area contributed by atoms with Gasteiger partial charge < -0.3 is 9.47 Å². The van der Waals surface area contributed by atoms with Crippen LogP contribution in [0.15, 0.2) is 72.8 Å². The highest BCUT2D eigenvalue weighted by atomic mass is 17.2. The van der Waals surface area contributed by atoms with E-state index in [-0.39, 0.29) is 0 Å². The highest BCUT2D eigenvalue weighted by molar-refractivity contribution is 5.52. The zero-order chi connectivity index (χ0) is 19.2. The summed E-state index contributed by atoms with van der Waals surface area (Å²) in [6, 6.07) is 24.5. The predicted molar refractivity (Wildman–Crippen MR) is 105 cm³/mol. The van der Waals surface area contributed by atoms with Gasteiger partial charge in [0.2, 0.25) is 0 Å². The topological polar surface area (TPSA) is 36.9 Å². The predicted octanol–water partition coefficient (Wildman–Crippen LogP) is 4.95. The molecule has 1 saturated heterocycles. The lowest BCUT2D eigenvalue weighted by Crippen LogP contribution is -2.51. The molecule has 0 aromatic heterocycles. The molecule has 0 saturated carbocycles. The summed E-state index contributed by atoms with van der Waals surface area (Å²) < 4.78 is 10.6. The maximum atomic E-state index is 6.19. The Hall–Kier alpha value is -2.82. The van der Waals surface area contributed by atoms with Crippen LogP contribution in [0.2, 0.25) is 0 Å². The van der Waals surface area contributed by atoms with Crippen molar-refractivity contribution >= 4 is 0 Å². The molecule has 1 fully saturated rings. The van der Waals surface area contributed by atoms with Crippen molar-refractivity contribution in [2.24, 2.45) is 0 Å². The third-order valence-corrected chi connectivity index (χ3v) is 6.07. The lowest BCUT2D eigenvalue weighted by molar-refractivity contribution is -0.443.